The van der Waals surface area contributed by atoms with Crippen molar-refractivity contribution in [1.29, 1.82) is 0 Å². The number of hydrogen-bond acceptors (Lipinski definition) is 3. The second-order valence-corrected chi connectivity index (χ2v) is 6.53. The fraction of sp³-hybridized carbons (Fsp3) is 0.333. The number of aromatic nitrogens is 1. The van der Waals surface area contributed by atoms with Gasteiger partial charge < -0.3 is 15.0 Å². The molecule has 0 aliphatic carbocycles. The Balaban J connectivity index is 1.54. The maximum Gasteiger partial charge on any atom is 0.573 e. The Morgan fingerprint density at radius 2 is 2.07 bits per heavy atom. The first-order valence-corrected chi connectivity index (χ1v) is 8.40. The van der Waals surface area contributed by atoms with E-state index >= 15 is 0 Å². The molecular formula is C18H15F4N3O2. The van der Waals surface area contributed by atoms with Gasteiger partial charge in [-0.2, -0.15) is 4.39 Å². The number of anilines is 1. The van der Waals surface area contributed by atoms with Crippen LogP contribution in [0, 0.1) is 5.95 Å². The number of halogens is 4. The molecule has 3 heterocycles. The summed E-state index contributed by atoms with van der Waals surface area (Å²) in [5.41, 5.74) is 1.46. The number of nitrogens with one attached hydrogen (secondary N) is 1. The molecule has 27 heavy (non-hydrogen) atoms. The van der Waals surface area contributed by atoms with Crippen LogP contribution in [0.1, 0.15) is 30.0 Å². The summed E-state index contributed by atoms with van der Waals surface area (Å²) in [6, 6.07) is 5.93. The van der Waals surface area contributed by atoms with Gasteiger partial charge >= 0.3 is 12.4 Å². The molecule has 2 aliphatic heterocycles. The number of fused-ring (bicyclic) bond motifs is 4. The third-order valence-electron chi connectivity index (χ3n) is 4.89. The van der Waals surface area contributed by atoms with Gasteiger partial charge in [0.05, 0.1) is 6.04 Å². The quantitative estimate of drug-likeness (QED) is 0.619. The van der Waals surface area contributed by atoms with Gasteiger partial charge in [0, 0.05) is 29.6 Å². The predicted molar refractivity (Wildman–Crippen MR) is 87.6 cm³/mol. The maximum atomic E-state index is 14.0. The molecule has 0 radical (unpaired) electrons. The summed E-state index contributed by atoms with van der Waals surface area (Å²) in [4.78, 5) is 18.1. The third-order valence-corrected chi connectivity index (χ3v) is 4.89. The number of amides is 2. The van der Waals surface area contributed by atoms with Crippen LogP contribution >= 0.6 is 0 Å². The first-order valence-electron chi connectivity index (χ1n) is 8.40. The molecule has 9 heteroatoms. The molecule has 2 amide bonds. The van der Waals surface area contributed by atoms with Crippen LogP contribution < -0.4 is 10.1 Å². The van der Waals surface area contributed by atoms with Gasteiger partial charge in [0.2, 0.25) is 5.95 Å². The van der Waals surface area contributed by atoms with E-state index in [-0.39, 0.29) is 17.8 Å². The summed E-state index contributed by atoms with van der Waals surface area (Å²) in [5.74, 6) is -0.929. The Morgan fingerprint density at radius 3 is 2.85 bits per heavy atom. The summed E-state index contributed by atoms with van der Waals surface area (Å²) < 4.78 is 54.9. The molecule has 1 N–H and O–H groups in total. The van der Waals surface area contributed by atoms with E-state index in [1.807, 2.05) is 0 Å². The van der Waals surface area contributed by atoms with E-state index in [0.29, 0.717) is 18.4 Å². The van der Waals surface area contributed by atoms with Crippen LogP contribution in [0.5, 0.6) is 5.75 Å². The lowest BCUT2D eigenvalue weighted by Crippen LogP contribution is -2.44. The van der Waals surface area contributed by atoms with Gasteiger partial charge in [0.25, 0.3) is 0 Å². The standard InChI is InChI=1S/C18H15F4N3O2/c19-16-14-9-11-4-5-15(13(14)6-7-23-16)25(11)17(26)24-10-2-1-3-12(8-10)27-18(20,21)22/h1-3,6-8,11,15H,4-5,9H2,(H,24,26). The zero-order chi connectivity index (χ0) is 19.2. The highest BCUT2D eigenvalue weighted by Crippen LogP contribution is 2.44. The van der Waals surface area contributed by atoms with Gasteiger partial charge in [-0.25, -0.2) is 9.78 Å². The highest BCUT2D eigenvalue weighted by atomic mass is 19.4. The van der Waals surface area contributed by atoms with E-state index in [4.69, 9.17) is 0 Å². The molecule has 1 saturated heterocycles. The number of hydrogen-bond donors (Lipinski definition) is 1. The molecule has 2 aliphatic rings. The van der Waals surface area contributed by atoms with Gasteiger partial charge in [-0.1, -0.05) is 6.07 Å². The number of carbonyl (C=O) groups excluding carboxylic acids is 1. The Kier molecular flexibility index (Phi) is 4.16. The molecule has 0 saturated carbocycles. The minimum Gasteiger partial charge on any atom is -0.406 e. The van der Waals surface area contributed by atoms with E-state index in [2.05, 4.69) is 15.0 Å². The Bertz CT molecular complexity index is 887. The first-order chi connectivity index (χ1) is 12.8. The molecule has 142 valence electrons. The minimum atomic E-state index is -4.81. The Hall–Kier alpha value is -2.84. The predicted octanol–water partition coefficient (Wildman–Crippen LogP) is 4.41. The summed E-state index contributed by atoms with van der Waals surface area (Å²) >= 11 is 0. The topological polar surface area (TPSA) is 54.5 Å². The zero-order valence-electron chi connectivity index (χ0n) is 14.0. The molecular weight excluding hydrogens is 366 g/mol. The summed E-state index contributed by atoms with van der Waals surface area (Å²) in [6.07, 6.45) is -1.64. The van der Waals surface area contributed by atoms with Crippen molar-refractivity contribution in [2.75, 3.05) is 5.32 Å². The van der Waals surface area contributed by atoms with Crippen molar-refractivity contribution in [3.63, 3.8) is 0 Å². The van der Waals surface area contributed by atoms with Gasteiger partial charge in [-0.15, -0.1) is 13.2 Å². The molecule has 0 spiro atoms. The van der Waals surface area contributed by atoms with Crippen molar-refractivity contribution in [3.8, 4) is 5.75 Å². The van der Waals surface area contributed by atoms with Crippen molar-refractivity contribution in [3.05, 3.63) is 53.6 Å². The molecule has 1 fully saturated rings. The van der Waals surface area contributed by atoms with Crippen LogP contribution in [0.4, 0.5) is 28.0 Å². The van der Waals surface area contributed by atoms with Crippen molar-refractivity contribution < 1.29 is 27.1 Å². The molecule has 2 atom stereocenters. The van der Waals surface area contributed by atoms with E-state index in [1.165, 1.54) is 18.3 Å². The molecule has 4 rings (SSSR count). The van der Waals surface area contributed by atoms with Crippen LogP contribution in [0.15, 0.2) is 36.5 Å². The second-order valence-electron chi connectivity index (χ2n) is 6.53. The molecule has 2 aromatic rings. The Labute approximate surface area is 151 Å². The fourth-order valence-electron chi connectivity index (χ4n) is 3.89. The van der Waals surface area contributed by atoms with Crippen molar-refractivity contribution in [2.45, 2.75) is 37.7 Å². The monoisotopic (exact) mass is 381 g/mol. The summed E-state index contributed by atoms with van der Waals surface area (Å²) in [7, 11) is 0. The van der Waals surface area contributed by atoms with Gasteiger partial charge in [-0.05, 0) is 43.0 Å². The lowest BCUT2D eigenvalue weighted by molar-refractivity contribution is -0.274. The molecule has 1 aromatic heterocycles. The van der Waals surface area contributed by atoms with Crippen LogP contribution in [-0.4, -0.2) is 28.3 Å². The molecule has 5 nitrogen and oxygen atoms in total. The highest BCUT2D eigenvalue weighted by molar-refractivity contribution is 5.90. The first kappa shape index (κ1) is 17.6. The molecule has 2 unspecified atom stereocenters. The second kappa shape index (κ2) is 6.40. The largest absolute Gasteiger partial charge is 0.573 e. The average molecular weight is 381 g/mol. The van der Waals surface area contributed by atoms with Crippen molar-refractivity contribution >= 4 is 11.7 Å². The molecule has 1 aromatic carbocycles. The highest BCUT2D eigenvalue weighted by Gasteiger charge is 2.43. The number of urea groups is 1. The van der Waals surface area contributed by atoms with Crippen molar-refractivity contribution in [2.24, 2.45) is 0 Å². The van der Waals surface area contributed by atoms with Crippen LogP contribution in [0.2, 0.25) is 0 Å². The van der Waals surface area contributed by atoms with E-state index in [9.17, 15) is 22.4 Å². The van der Waals surface area contributed by atoms with Gasteiger partial charge in [0.1, 0.15) is 5.75 Å². The maximum absolute atomic E-state index is 14.0. The summed E-state index contributed by atoms with van der Waals surface area (Å²) in [6.45, 7) is 0. The van der Waals surface area contributed by atoms with Crippen LogP contribution in [-0.2, 0) is 6.42 Å². The number of nitrogens with zero attached hydrogens (tertiary/aromatic N) is 2. The normalized spacial score (nSPS) is 21.0. The van der Waals surface area contributed by atoms with Crippen LogP contribution in [0.25, 0.3) is 0 Å². The van der Waals surface area contributed by atoms with E-state index in [1.54, 1.807) is 11.0 Å². The van der Waals surface area contributed by atoms with Gasteiger partial charge in [-0.3, -0.25) is 0 Å². The number of ether oxygens (including phenoxy) is 1. The Morgan fingerprint density at radius 1 is 1.26 bits per heavy atom. The van der Waals surface area contributed by atoms with E-state index in [0.717, 1.165) is 24.1 Å². The minimum absolute atomic E-state index is 0.171. The summed E-state index contributed by atoms with van der Waals surface area (Å²) in [5, 5.41) is 2.61. The number of alkyl halides is 3. The third kappa shape index (κ3) is 3.41. The average Bonchev–Trinajstić information content (AvgIpc) is 2.90. The number of rotatable bonds is 2. The van der Waals surface area contributed by atoms with Gasteiger partial charge in [0.15, 0.2) is 0 Å². The fourth-order valence-corrected chi connectivity index (χ4v) is 3.89. The zero-order valence-corrected chi connectivity index (χ0v) is 14.0. The lowest BCUT2D eigenvalue weighted by Gasteiger charge is -2.36. The van der Waals surface area contributed by atoms with Crippen LogP contribution in [0.3, 0.4) is 0 Å². The van der Waals surface area contributed by atoms with Crippen molar-refractivity contribution in [1.82, 2.24) is 9.88 Å². The smallest absolute Gasteiger partial charge is 0.406 e. The molecule has 2 bridgehead atoms. The number of benzene rings is 1. The number of carbonyl (C=O) groups is 1. The lowest BCUT2D eigenvalue weighted by atomic mass is 9.95. The number of pyridine rings is 1. The SMILES string of the molecule is O=C(Nc1cccc(OC(F)(F)F)c1)N1C2CCC1c1ccnc(F)c1C2. The van der Waals surface area contributed by atoms with E-state index < -0.39 is 24.1 Å².